The maximum Gasteiger partial charge on any atom is 0.308 e. The molecule has 0 fully saturated rings. The first kappa shape index (κ1) is 16.4. The molecule has 0 rings (SSSR count). The first-order chi connectivity index (χ1) is 8.36. The molecular formula is C11H21N3O4. The highest BCUT2D eigenvalue weighted by molar-refractivity contribution is 5.85. The van der Waals surface area contributed by atoms with Crippen molar-refractivity contribution in [2.75, 3.05) is 19.6 Å². The van der Waals surface area contributed by atoms with Crippen molar-refractivity contribution in [3.05, 3.63) is 0 Å². The monoisotopic (exact) mass is 259 g/mol. The summed E-state index contributed by atoms with van der Waals surface area (Å²) in [4.78, 5) is 33.0. The van der Waals surface area contributed by atoms with Gasteiger partial charge in [0, 0.05) is 6.54 Å². The molecule has 0 aliphatic heterocycles. The van der Waals surface area contributed by atoms with Gasteiger partial charge in [-0.3, -0.25) is 14.4 Å². The standard InChI is InChI=1S/C11H21N3O4/c1-7(2)3-8(11(17)18)5-13-10(16)6-14-9(15)4-12/h7-8H,3-6,12H2,1-2H3,(H,13,16)(H,14,15)(H,17,18). The first-order valence-corrected chi connectivity index (χ1v) is 5.83. The molecule has 0 aliphatic rings. The number of carboxylic acid groups (broad SMARTS) is 1. The van der Waals surface area contributed by atoms with E-state index in [-0.39, 0.29) is 25.6 Å². The van der Waals surface area contributed by atoms with Crippen LogP contribution in [0.3, 0.4) is 0 Å². The first-order valence-electron chi connectivity index (χ1n) is 5.83. The van der Waals surface area contributed by atoms with E-state index in [0.29, 0.717) is 6.42 Å². The molecule has 2 amide bonds. The predicted molar refractivity (Wildman–Crippen MR) is 65.7 cm³/mol. The van der Waals surface area contributed by atoms with Crippen LogP contribution >= 0.6 is 0 Å². The van der Waals surface area contributed by atoms with Crippen molar-refractivity contribution in [2.24, 2.45) is 17.6 Å². The van der Waals surface area contributed by atoms with Crippen molar-refractivity contribution in [3.63, 3.8) is 0 Å². The summed E-state index contributed by atoms with van der Waals surface area (Å²) >= 11 is 0. The summed E-state index contributed by atoms with van der Waals surface area (Å²) in [6, 6.07) is 0. The fraction of sp³-hybridized carbons (Fsp3) is 0.727. The van der Waals surface area contributed by atoms with Crippen LogP contribution in [-0.2, 0) is 14.4 Å². The van der Waals surface area contributed by atoms with Gasteiger partial charge >= 0.3 is 5.97 Å². The maximum atomic E-state index is 11.3. The van der Waals surface area contributed by atoms with Gasteiger partial charge in [0.1, 0.15) is 0 Å². The van der Waals surface area contributed by atoms with Gasteiger partial charge in [-0.25, -0.2) is 0 Å². The summed E-state index contributed by atoms with van der Waals surface area (Å²) in [6.45, 7) is 3.52. The van der Waals surface area contributed by atoms with Crippen LogP contribution in [0.1, 0.15) is 20.3 Å². The Kier molecular flexibility index (Phi) is 7.69. The van der Waals surface area contributed by atoms with Gasteiger partial charge in [-0.1, -0.05) is 13.8 Å². The average Bonchev–Trinajstić information content (AvgIpc) is 2.30. The number of aliphatic carboxylic acids is 1. The lowest BCUT2D eigenvalue weighted by molar-refractivity contribution is -0.142. The Morgan fingerprint density at radius 1 is 1.17 bits per heavy atom. The number of nitrogens with two attached hydrogens (primary N) is 1. The number of carbonyl (C=O) groups is 3. The van der Waals surface area contributed by atoms with Crippen molar-refractivity contribution < 1.29 is 19.5 Å². The van der Waals surface area contributed by atoms with E-state index in [1.165, 1.54) is 0 Å². The number of rotatable bonds is 8. The molecule has 0 aliphatic carbocycles. The van der Waals surface area contributed by atoms with Crippen LogP contribution in [0.2, 0.25) is 0 Å². The van der Waals surface area contributed by atoms with Crippen LogP contribution in [0.25, 0.3) is 0 Å². The van der Waals surface area contributed by atoms with Crippen molar-refractivity contribution in [1.82, 2.24) is 10.6 Å². The number of hydrogen-bond acceptors (Lipinski definition) is 4. The third-order valence-corrected chi connectivity index (χ3v) is 2.28. The lowest BCUT2D eigenvalue weighted by Crippen LogP contribution is -2.41. The Labute approximate surface area is 106 Å². The molecule has 0 aromatic heterocycles. The van der Waals surface area contributed by atoms with Crippen molar-refractivity contribution in [3.8, 4) is 0 Å². The minimum atomic E-state index is -0.935. The summed E-state index contributed by atoms with van der Waals surface area (Å²) in [7, 11) is 0. The van der Waals surface area contributed by atoms with E-state index in [1.54, 1.807) is 0 Å². The third kappa shape index (κ3) is 7.61. The van der Waals surface area contributed by atoms with Crippen LogP contribution in [-0.4, -0.2) is 42.5 Å². The van der Waals surface area contributed by atoms with E-state index in [2.05, 4.69) is 10.6 Å². The van der Waals surface area contributed by atoms with Crippen LogP contribution in [0, 0.1) is 11.8 Å². The number of amides is 2. The normalized spacial score (nSPS) is 12.0. The largest absolute Gasteiger partial charge is 0.481 e. The maximum absolute atomic E-state index is 11.3. The molecule has 0 saturated carbocycles. The highest BCUT2D eigenvalue weighted by atomic mass is 16.4. The van der Waals surface area contributed by atoms with Crippen molar-refractivity contribution in [1.29, 1.82) is 0 Å². The summed E-state index contributed by atoms with van der Waals surface area (Å²) in [6.07, 6.45) is 0.491. The molecule has 0 aromatic carbocycles. The Morgan fingerprint density at radius 2 is 1.78 bits per heavy atom. The molecule has 0 heterocycles. The van der Waals surface area contributed by atoms with Crippen LogP contribution in [0.5, 0.6) is 0 Å². The van der Waals surface area contributed by atoms with Gasteiger partial charge in [-0.2, -0.15) is 0 Å². The molecule has 0 spiro atoms. The summed E-state index contributed by atoms with van der Waals surface area (Å²) in [5.74, 6) is -2.16. The second kappa shape index (κ2) is 8.46. The second-order valence-electron chi connectivity index (χ2n) is 4.45. The van der Waals surface area contributed by atoms with Crippen molar-refractivity contribution >= 4 is 17.8 Å². The van der Waals surface area contributed by atoms with Gasteiger partial charge in [0.05, 0.1) is 19.0 Å². The van der Waals surface area contributed by atoms with E-state index in [1.807, 2.05) is 13.8 Å². The van der Waals surface area contributed by atoms with E-state index >= 15 is 0 Å². The highest BCUT2D eigenvalue weighted by Gasteiger charge is 2.19. The fourth-order valence-electron chi connectivity index (χ4n) is 1.39. The number of carbonyl (C=O) groups excluding carboxylic acids is 2. The zero-order valence-corrected chi connectivity index (χ0v) is 10.7. The zero-order chi connectivity index (χ0) is 14.1. The van der Waals surface area contributed by atoms with E-state index in [9.17, 15) is 14.4 Å². The lowest BCUT2D eigenvalue weighted by atomic mass is 9.97. The molecular weight excluding hydrogens is 238 g/mol. The van der Waals surface area contributed by atoms with E-state index in [0.717, 1.165) is 0 Å². The SMILES string of the molecule is CC(C)CC(CNC(=O)CNC(=O)CN)C(=O)O. The smallest absolute Gasteiger partial charge is 0.308 e. The molecule has 5 N–H and O–H groups in total. The second-order valence-corrected chi connectivity index (χ2v) is 4.45. The molecule has 1 atom stereocenters. The van der Waals surface area contributed by atoms with Gasteiger partial charge in [0.25, 0.3) is 0 Å². The summed E-state index contributed by atoms with van der Waals surface area (Å²) in [5, 5.41) is 13.7. The van der Waals surface area contributed by atoms with Crippen LogP contribution < -0.4 is 16.4 Å². The predicted octanol–water partition coefficient (Wildman–Crippen LogP) is -1.08. The Hall–Kier alpha value is -1.63. The van der Waals surface area contributed by atoms with Gasteiger partial charge < -0.3 is 21.5 Å². The fourth-order valence-corrected chi connectivity index (χ4v) is 1.39. The molecule has 0 saturated heterocycles. The molecule has 1 unspecified atom stereocenters. The highest BCUT2D eigenvalue weighted by Crippen LogP contribution is 2.10. The minimum absolute atomic E-state index is 0.0604. The topological polar surface area (TPSA) is 122 Å². The third-order valence-electron chi connectivity index (χ3n) is 2.28. The Balaban J connectivity index is 4.00. The van der Waals surface area contributed by atoms with Gasteiger partial charge in [0.2, 0.25) is 11.8 Å². The Morgan fingerprint density at radius 3 is 2.22 bits per heavy atom. The van der Waals surface area contributed by atoms with Gasteiger partial charge in [0.15, 0.2) is 0 Å². The Bertz CT molecular complexity index is 305. The number of nitrogens with one attached hydrogen (secondary N) is 2. The lowest BCUT2D eigenvalue weighted by Gasteiger charge is -2.15. The van der Waals surface area contributed by atoms with E-state index in [4.69, 9.17) is 10.8 Å². The summed E-state index contributed by atoms with van der Waals surface area (Å²) < 4.78 is 0. The quantitative estimate of drug-likeness (QED) is 0.442. The summed E-state index contributed by atoms with van der Waals surface area (Å²) in [5.41, 5.74) is 5.05. The number of carboxylic acids is 1. The zero-order valence-electron chi connectivity index (χ0n) is 10.7. The minimum Gasteiger partial charge on any atom is -0.481 e. The molecule has 0 aromatic rings. The van der Waals surface area contributed by atoms with Crippen molar-refractivity contribution in [2.45, 2.75) is 20.3 Å². The van der Waals surface area contributed by atoms with Crippen LogP contribution in [0.4, 0.5) is 0 Å². The molecule has 7 heteroatoms. The number of hydrogen-bond donors (Lipinski definition) is 4. The van der Waals surface area contributed by atoms with E-state index < -0.39 is 23.7 Å². The molecule has 7 nitrogen and oxygen atoms in total. The van der Waals surface area contributed by atoms with Gasteiger partial charge in [-0.05, 0) is 12.3 Å². The van der Waals surface area contributed by atoms with Crippen LogP contribution in [0.15, 0.2) is 0 Å². The van der Waals surface area contributed by atoms with Gasteiger partial charge in [-0.15, -0.1) is 0 Å². The average molecular weight is 259 g/mol. The molecule has 0 radical (unpaired) electrons. The molecule has 104 valence electrons. The molecule has 18 heavy (non-hydrogen) atoms. The molecule has 0 bridgehead atoms.